The maximum atomic E-state index is 9.96. The summed E-state index contributed by atoms with van der Waals surface area (Å²) in [6.07, 6.45) is 12.0. The van der Waals surface area contributed by atoms with Crippen LogP contribution in [0.5, 0.6) is 0 Å². The molecule has 156 valence electrons. The van der Waals surface area contributed by atoms with Gasteiger partial charge in [0.15, 0.2) is 0 Å². The molecule has 1 unspecified atom stereocenters. The van der Waals surface area contributed by atoms with Crippen molar-refractivity contribution >= 4 is 23.3 Å². The summed E-state index contributed by atoms with van der Waals surface area (Å²) in [4.78, 5) is 11.6. The number of allylic oxidation sites excluding steroid dienone is 4. The number of piperidine rings is 1. The summed E-state index contributed by atoms with van der Waals surface area (Å²) < 4.78 is 0. The summed E-state index contributed by atoms with van der Waals surface area (Å²) in [5.74, 6) is 2.06. The number of thioether (sulfide) groups is 1. The zero-order valence-electron chi connectivity index (χ0n) is 18.0. The molecule has 1 aromatic rings. The highest BCUT2D eigenvalue weighted by molar-refractivity contribution is 8.06. The van der Waals surface area contributed by atoms with Gasteiger partial charge in [-0.2, -0.15) is 5.26 Å². The molecular formula is C24H29N5S. The number of hydrogen-bond acceptors (Lipinski definition) is 6. The minimum Gasteiger partial charge on any atom is -0.374 e. The van der Waals surface area contributed by atoms with E-state index in [1.54, 1.807) is 11.8 Å². The van der Waals surface area contributed by atoms with E-state index in [2.05, 4.69) is 58.8 Å². The minimum atomic E-state index is 0.572. The van der Waals surface area contributed by atoms with Crippen LogP contribution in [0.3, 0.4) is 0 Å². The molecule has 2 aliphatic heterocycles. The van der Waals surface area contributed by atoms with E-state index in [1.165, 1.54) is 11.1 Å². The van der Waals surface area contributed by atoms with Gasteiger partial charge in [-0.15, -0.1) is 0 Å². The molecule has 3 heterocycles. The second-order valence-corrected chi connectivity index (χ2v) is 9.42. The molecule has 1 aromatic heterocycles. The van der Waals surface area contributed by atoms with Crippen molar-refractivity contribution in [3.63, 3.8) is 0 Å². The molecule has 0 spiro atoms. The van der Waals surface area contributed by atoms with Crippen molar-refractivity contribution in [1.29, 1.82) is 5.26 Å². The van der Waals surface area contributed by atoms with Crippen LogP contribution in [0, 0.1) is 30.1 Å². The van der Waals surface area contributed by atoms with E-state index in [9.17, 15) is 5.26 Å². The molecule has 4 rings (SSSR count). The molecule has 0 bridgehead atoms. The maximum Gasteiger partial charge on any atom is 0.225 e. The molecule has 30 heavy (non-hydrogen) atoms. The average Bonchev–Trinajstić information content (AvgIpc) is 2.77. The number of nitrogens with one attached hydrogen (secondary N) is 1. The summed E-state index contributed by atoms with van der Waals surface area (Å²) >= 11 is 1.58. The summed E-state index contributed by atoms with van der Waals surface area (Å²) in [7, 11) is 0. The molecule has 1 fully saturated rings. The first kappa shape index (κ1) is 20.7. The molecule has 0 saturated carbocycles. The Morgan fingerprint density at radius 1 is 1.30 bits per heavy atom. The summed E-state index contributed by atoms with van der Waals surface area (Å²) in [6, 6.07) is 2.40. The fourth-order valence-corrected chi connectivity index (χ4v) is 4.91. The smallest absolute Gasteiger partial charge is 0.225 e. The molecular weight excluding hydrogens is 390 g/mol. The van der Waals surface area contributed by atoms with Crippen molar-refractivity contribution in [3.05, 3.63) is 57.3 Å². The van der Waals surface area contributed by atoms with Gasteiger partial charge in [-0.3, -0.25) is 0 Å². The van der Waals surface area contributed by atoms with Crippen LogP contribution in [0.1, 0.15) is 44.4 Å². The maximum absolute atomic E-state index is 9.96. The van der Waals surface area contributed by atoms with Gasteiger partial charge in [0, 0.05) is 25.8 Å². The van der Waals surface area contributed by atoms with Crippen LogP contribution in [-0.4, -0.2) is 29.6 Å². The van der Waals surface area contributed by atoms with Gasteiger partial charge in [0.05, 0.1) is 10.7 Å². The Hall–Kier alpha value is -2.52. The Balaban J connectivity index is 1.60. The Morgan fingerprint density at radius 2 is 2.10 bits per heavy atom. The van der Waals surface area contributed by atoms with Crippen molar-refractivity contribution < 1.29 is 0 Å². The monoisotopic (exact) mass is 419 g/mol. The molecule has 1 aliphatic carbocycles. The molecule has 3 aliphatic rings. The number of rotatable bonds is 3. The molecule has 5 nitrogen and oxygen atoms in total. The van der Waals surface area contributed by atoms with E-state index in [1.807, 2.05) is 13.1 Å². The second kappa shape index (κ2) is 9.09. The number of nitriles is 1. The number of hydrogen-bond donors (Lipinski definition) is 1. The van der Waals surface area contributed by atoms with Crippen molar-refractivity contribution in [2.24, 2.45) is 11.8 Å². The van der Waals surface area contributed by atoms with Gasteiger partial charge in [-0.25, -0.2) is 9.97 Å². The molecule has 1 saturated heterocycles. The lowest BCUT2D eigenvalue weighted by molar-refractivity contribution is 0.434. The normalized spacial score (nSPS) is 23.9. The van der Waals surface area contributed by atoms with Crippen LogP contribution < -0.4 is 10.2 Å². The SMILES string of the molecule is Cc1cnc(N2CCC(C)CC2)nc1/C(C#N)=C1/NCC(C2=CC(C)CC=C2)=CS1. The van der Waals surface area contributed by atoms with Gasteiger partial charge >= 0.3 is 0 Å². The van der Waals surface area contributed by atoms with Crippen molar-refractivity contribution in [2.45, 2.75) is 40.0 Å². The van der Waals surface area contributed by atoms with Gasteiger partial charge in [-0.05, 0) is 60.1 Å². The summed E-state index contributed by atoms with van der Waals surface area (Å²) in [5.41, 5.74) is 4.82. The fourth-order valence-electron chi connectivity index (χ4n) is 4.02. The third-order valence-corrected chi connectivity index (χ3v) is 6.99. The number of anilines is 1. The van der Waals surface area contributed by atoms with Crippen LogP contribution >= 0.6 is 11.8 Å². The number of nitrogens with zero attached hydrogens (tertiary/aromatic N) is 4. The lowest BCUT2D eigenvalue weighted by atomic mass is 9.94. The summed E-state index contributed by atoms with van der Waals surface area (Å²) in [6.45, 7) is 9.18. The Kier molecular flexibility index (Phi) is 6.29. The quantitative estimate of drug-likeness (QED) is 0.699. The van der Waals surface area contributed by atoms with Crippen LogP contribution in [0.25, 0.3) is 5.57 Å². The zero-order chi connectivity index (χ0) is 21.1. The second-order valence-electron chi connectivity index (χ2n) is 8.54. The minimum absolute atomic E-state index is 0.572. The lowest BCUT2D eigenvalue weighted by Gasteiger charge is -2.30. The molecule has 0 aromatic carbocycles. The van der Waals surface area contributed by atoms with E-state index in [-0.39, 0.29) is 0 Å². The molecule has 6 heteroatoms. The van der Waals surface area contributed by atoms with Crippen LogP contribution in [-0.2, 0) is 0 Å². The van der Waals surface area contributed by atoms with E-state index in [0.717, 1.165) is 67.0 Å². The first-order valence-electron chi connectivity index (χ1n) is 10.8. The molecule has 1 N–H and O–H groups in total. The Bertz CT molecular complexity index is 974. The van der Waals surface area contributed by atoms with Gasteiger partial charge in [0.1, 0.15) is 11.6 Å². The lowest BCUT2D eigenvalue weighted by Crippen LogP contribution is -2.34. The van der Waals surface area contributed by atoms with E-state index < -0.39 is 0 Å². The highest BCUT2D eigenvalue weighted by Crippen LogP contribution is 2.33. The average molecular weight is 420 g/mol. The summed E-state index contributed by atoms with van der Waals surface area (Å²) in [5, 5.41) is 16.5. The third kappa shape index (κ3) is 4.46. The first-order valence-corrected chi connectivity index (χ1v) is 11.6. The Morgan fingerprint density at radius 3 is 2.77 bits per heavy atom. The highest BCUT2D eigenvalue weighted by atomic mass is 32.2. The number of aromatic nitrogens is 2. The molecule has 0 radical (unpaired) electrons. The molecule has 0 amide bonds. The van der Waals surface area contributed by atoms with Gasteiger partial charge in [0.2, 0.25) is 5.95 Å². The zero-order valence-corrected chi connectivity index (χ0v) is 18.8. The van der Waals surface area contributed by atoms with E-state index >= 15 is 0 Å². The van der Waals surface area contributed by atoms with Gasteiger partial charge < -0.3 is 10.2 Å². The fraction of sp³-hybridized carbons (Fsp3) is 0.458. The van der Waals surface area contributed by atoms with Gasteiger partial charge in [-0.1, -0.05) is 43.8 Å². The highest BCUT2D eigenvalue weighted by Gasteiger charge is 2.22. The third-order valence-electron chi connectivity index (χ3n) is 6.00. The van der Waals surface area contributed by atoms with Crippen molar-refractivity contribution in [3.8, 4) is 6.07 Å². The first-order chi connectivity index (χ1) is 14.5. The van der Waals surface area contributed by atoms with Crippen molar-refractivity contribution in [1.82, 2.24) is 15.3 Å². The Labute approximate surface area is 183 Å². The van der Waals surface area contributed by atoms with E-state index in [4.69, 9.17) is 4.98 Å². The van der Waals surface area contributed by atoms with Gasteiger partial charge in [0.25, 0.3) is 0 Å². The van der Waals surface area contributed by atoms with Crippen molar-refractivity contribution in [2.75, 3.05) is 24.5 Å². The largest absolute Gasteiger partial charge is 0.374 e. The van der Waals surface area contributed by atoms with E-state index in [0.29, 0.717) is 11.5 Å². The topological polar surface area (TPSA) is 64.8 Å². The van der Waals surface area contributed by atoms with Crippen LogP contribution in [0.4, 0.5) is 5.95 Å². The number of aryl methyl sites for hydroxylation is 1. The van der Waals surface area contributed by atoms with Crippen LogP contribution in [0.15, 0.2) is 46.0 Å². The molecule has 1 atom stereocenters. The standard InChI is InChI=1S/C24H29N5S/c1-16-7-9-29(10-8-16)24-27-13-18(3)22(28-24)21(12-25)23-26-14-20(15-30-23)19-6-4-5-17(2)11-19/h4,6,11,13,15-17,26H,5,7-10,14H2,1-3H3/b23-21-. The predicted molar refractivity (Wildman–Crippen MR) is 125 cm³/mol. The predicted octanol–water partition coefficient (Wildman–Crippen LogP) is 4.96. The van der Waals surface area contributed by atoms with Crippen LogP contribution in [0.2, 0.25) is 0 Å².